The lowest BCUT2D eigenvalue weighted by atomic mass is 10.5. The Morgan fingerprint density at radius 3 is 2.82 bits per heavy atom. The van der Waals surface area contributed by atoms with Crippen molar-refractivity contribution in [2.24, 2.45) is 0 Å². The Morgan fingerprint density at radius 1 is 1.64 bits per heavy atom. The molecule has 4 nitrogen and oxygen atoms in total. The number of aryl methyl sites for hydroxylation is 1. The summed E-state index contributed by atoms with van der Waals surface area (Å²) < 4.78 is 1.83. The summed E-state index contributed by atoms with van der Waals surface area (Å²) in [7, 11) is 0. The van der Waals surface area contributed by atoms with Crippen LogP contribution in [0.5, 0.6) is 0 Å². The number of thioether (sulfide) groups is 1. The number of hydrogen-bond acceptors (Lipinski definition) is 4. The molecule has 0 saturated carbocycles. The summed E-state index contributed by atoms with van der Waals surface area (Å²) in [4.78, 5) is 0. The number of rotatable bonds is 3. The average Bonchev–Trinajstić information content (AvgIpc) is 2.31. The third-order valence-electron chi connectivity index (χ3n) is 1.53. The predicted molar refractivity (Wildman–Crippen MR) is 47.6 cm³/mol. The van der Waals surface area contributed by atoms with Crippen LogP contribution < -0.4 is 5.73 Å². The van der Waals surface area contributed by atoms with Gasteiger partial charge in [-0.2, -0.15) is 11.8 Å². The molecule has 0 bridgehead atoms. The van der Waals surface area contributed by atoms with Gasteiger partial charge in [-0.05, 0) is 13.2 Å². The van der Waals surface area contributed by atoms with Crippen LogP contribution in [0.25, 0.3) is 0 Å². The summed E-state index contributed by atoms with van der Waals surface area (Å²) >= 11 is 1.78. The molecule has 1 rings (SSSR count). The highest BCUT2D eigenvalue weighted by Gasteiger charge is 2.02. The smallest absolute Gasteiger partial charge is 0.168 e. The van der Waals surface area contributed by atoms with Gasteiger partial charge in [0.05, 0.1) is 12.2 Å². The van der Waals surface area contributed by atoms with Gasteiger partial charge in [0, 0.05) is 5.75 Å². The maximum Gasteiger partial charge on any atom is 0.168 e. The molecule has 62 valence electrons. The Morgan fingerprint density at radius 2 is 2.36 bits per heavy atom. The zero-order valence-corrected chi connectivity index (χ0v) is 7.56. The van der Waals surface area contributed by atoms with E-state index in [0.29, 0.717) is 5.82 Å². The van der Waals surface area contributed by atoms with Gasteiger partial charge in [-0.25, -0.2) is 4.68 Å². The summed E-state index contributed by atoms with van der Waals surface area (Å²) in [6.45, 7) is 2.81. The van der Waals surface area contributed by atoms with E-state index >= 15 is 0 Å². The van der Waals surface area contributed by atoms with Crippen molar-refractivity contribution < 1.29 is 0 Å². The Labute approximate surface area is 70.1 Å². The number of hydrogen-bond donors (Lipinski definition) is 1. The lowest BCUT2D eigenvalue weighted by molar-refractivity contribution is 0.617. The first kappa shape index (κ1) is 8.39. The fourth-order valence-electron chi connectivity index (χ4n) is 0.764. The molecular weight excluding hydrogens is 160 g/mol. The van der Waals surface area contributed by atoms with Gasteiger partial charge in [-0.15, -0.1) is 5.10 Å². The summed E-state index contributed by atoms with van der Waals surface area (Å²) in [6.07, 6.45) is 2.07. The molecule has 5 heteroatoms. The summed E-state index contributed by atoms with van der Waals surface area (Å²) in [5, 5.41) is 7.63. The van der Waals surface area contributed by atoms with Crippen molar-refractivity contribution in [3.63, 3.8) is 0 Å². The maximum absolute atomic E-state index is 5.51. The van der Waals surface area contributed by atoms with Crippen molar-refractivity contribution in [1.29, 1.82) is 0 Å². The van der Waals surface area contributed by atoms with E-state index in [1.165, 1.54) is 0 Å². The van der Waals surface area contributed by atoms with Gasteiger partial charge >= 0.3 is 0 Å². The third kappa shape index (κ3) is 1.86. The first-order chi connectivity index (χ1) is 5.25. The topological polar surface area (TPSA) is 56.7 Å². The molecule has 0 aliphatic rings. The molecule has 0 fully saturated rings. The number of anilines is 1. The minimum atomic E-state index is 0.533. The largest absolute Gasteiger partial charge is 0.381 e. The lowest BCUT2D eigenvalue weighted by Crippen LogP contribution is -2.04. The van der Waals surface area contributed by atoms with Crippen molar-refractivity contribution in [1.82, 2.24) is 15.0 Å². The van der Waals surface area contributed by atoms with E-state index in [1.54, 1.807) is 11.8 Å². The van der Waals surface area contributed by atoms with Crippen LogP contribution in [0.2, 0.25) is 0 Å². The summed E-state index contributed by atoms with van der Waals surface area (Å²) in [6, 6.07) is 0. The summed E-state index contributed by atoms with van der Waals surface area (Å²) in [5.74, 6) is 1.58. The fourth-order valence-corrected chi connectivity index (χ4v) is 1.12. The molecule has 0 amide bonds. The number of nitrogens with two attached hydrogens (primary N) is 1. The van der Waals surface area contributed by atoms with Crippen LogP contribution in [0.1, 0.15) is 5.69 Å². The average molecular weight is 172 g/mol. The Balaban J connectivity index is 2.63. The Hall–Kier alpha value is -0.710. The van der Waals surface area contributed by atoms with Gasteiger partial charge < -0.3 is 5.73 Å². The van der Waals surface area contributed by atoms with Gasteiger partial charge in [0.25, 0.3) is 0 Å². The summed E-state index contributed by atoms with van der Waals surface area (Å²) in [5.41, 5.74) is 6.47. The number of aromatic nitrogens is 3. The molecule has 0 aromatic carbocycles. The van der Waals surface area contributed by atoms with E-state index in [2.05, 4.69) is 16.6 Å². The molecule has 0 saturated heterocycles. The lowest BCUT2D eigenvalue weighted by Gasteiger charge is -1.99. The standard InChI is InChI=1S/C6H12N4S/c1-5-6(7)8-9-10(5)3-4-11-2/h3-4,7H2,1-2H3. The first-order valence-corrected chi connectivity index (χ1v) is 4.79. The quantitative estimate of drug-likeness (QED) is 0.722. The fraction of sp³-hybridized carbons (Fsp3) is 0.667. The van der Waals surface area contributed by atoms with E-state index in [0.717, 1.165) is 18.0 Å². The molecule has 0 aliphatic carbocycles. The molecule has 1 aromatic heterocycles. The number of nitrogen functional groups attached to an aromatic ring is 1. The molecule has 2 N–H and O–H groups in total. The van der Waals surface area contributed by atoms with Crippen LogP contribution in [0.3, 0.4) is 0 Å². The highest BCUT2D eigenvalue weighted by Crippen LogP contribution is 2.05. The molecule has 0 radical (unpaired) electrons. The molecule has 1 aromatic rings. The van der Waals surface area contributed by atoms with E-state index in [-0.39, 0.29) is 0 Å². The van der Waals surface area contributed by atoms with Crippen molar-refractivity contribution in [2.75, 3.05) is 17.7 Å². The van der Waals surface area contributed by atoms with Crippen LogP contribution in [0.4, 0.5) is 5.82 Å². The third-order valence-corrected chi connectivity index (χ3v) is 2.12. The van der Waals surface area contributed by atoms with Crippen molar-refractivity contribution in [3.8, 4) is 0 Å². The second-order valence-corrected chi connectivity index (χ2v) is 3.26. The number of nitrogens with zero attached hydrogens (tertiary/aromatic N) is 3. The Kier molecular flexibility index (Phi) is 2.76. The Bertz CT molecular complexity index is 232. The molecule has 0 atom stereocenters. The maximum atomic E-state index is 5.51. The van der Waals surface area contributed by atoms with Crippen molar-refractivity contribution >= 4 is 17.6 Å². The molecule has 0 aliphatic heterocycles. The van der Waals surface area contributed by atoms with Crippen molar-refractivity contribution in [2.45, 2.75) is 13.5 Å². The van der Waals surface area contributed by atoms with Gasteiger partial charge in [-0.3, -0.25) is 0 Å². The molecule has 0 unspecified atom stereocenters. The highest BCUT2D eigenvalue weighted by atomic mass is 32.2. The minimum Gasteiger partial charge on any atom is -0.381 e. The molecular formula is C6H12N4S. The molecule has 0 spiro atoms. The second-order valence-electron chi connectivity index (χ2n) is 2.28. The van der Waals surface area contributed by atoms with Crippen molar-refractivity contribution in [3.05, 3.63) is 5.69 Å². The van der Waals surface area contributed by atoms with Crippen LogP contribution in [-0.2, 0) is 6.54 Å². The highest BCUT2D eigenvalue weighted by molar-refractivity contribution is 7.98. The molecule has 1 heterocycles. The van der Waals surface area contributed by atoms with Crippen LogP contribution in [0.15, 0.2) is 0 Å². The van der Waals surface area contributed by atoms with E-state index in [9.17, 15) is 0 Å². The first-order valence-electron chi connectivity index (χ1n) is 3.40. The zero-order valence-electron chi connectivity index (χ0n) is 6.74. The van der Waals surface area contributed by atoms with Gasteiger partial charge in [0.1, 0.15) is 0 Å². The van der Waals surface area contributed by atoms with E-state index < -0.39 is 0 Å². The van der Waals surface area contributed by atoms with E-state index in [1.807, 2.05) is 11.6 Å². The minimum absolute atomic E-state index is 0.533. The van der Waals surface area contributed by atoms with Gasteiger partial charge in [0.2, 0.25) is 0 Å². The van der Waals surface area contributed by atoms with Crippen LogP contribution in [0, 0.1) is 6.92 Å². The van der Waals surface area contributed by atoms with Crippen LogP contribution >= 0.6 is 11.8 Å². The van der Waals surface area contributed by atoms with Crippen LogP contribution in [-0.4, -0.2) is 27.0 Å². The normalized spacial score (nSPS) is 10.4. The second kappa shape index (κ2) is 3.61. The van der Waals surface area contributed by atoms with Gasteiger partial charge in [0.15, 0.2) is 5.82 Å². The predicted octanol–water partition coefficient (Wildman–Crippen LogP) is 0.532. The zero-order chi connectivity index (χ0) is 8.27. The molecule has 11 heavy (non-hydrogen) atoms. The SMILES string of the molecule is CSCCn1nnc(N)c1C. The van der Waals surface area contributed by atoms with Gasteiger partial charge in [-0.1, -0.05) is 5.21 Å². The van der Waals surface area contributed by atoms with E-state index in [4.69, 9.17) is 5.73 Å². The monoisotopic (exact) mass is 172 g/mol.